The van der Waals surface area contributed by atoms with Crippen molar-refractivity contribution in [2.45, 2.75) is 33.1 Å². The Morgan fingerprint density at radius 2 is 1.83 bits per heavy atom. The molecule has 0 bridgehead atoms. The van der Waals surface area contributed by atoms with Crippen molar-refractivity contribution in [3.05, 3.63) is 59.2 Å². The highest BCUT2D eigenvalue weighted by molar-refractivity contribution is 5.92. The van der Waals surface area contributed by atoms with Crippen LogP contribution in [0, 0.1) is 13.8 Å². The van der Waals surface area contributed by atoms with Crippen molar-refractivity contribution in [1.82, 2.24) is 0 Å². The molecule has 1 amide bonds. The average molecular weight is 308 g/mol. The Morgan fingerprint density at radius 1 is 1.09 bits per heavy atom. The number of para-hydroxylation sites is 2. The summed E-state index contributed by atoms with van der Waals surface area (Å²) in [5.74, 6) is 0.0884. The molecule has 0 saturated carbocycles. The van der Waals surface area contributed by atoms with E-state index in [1.807, 2.05) is 32.0 Å². The Bertz CT molecular complexity index is 688. The minimum absolute atomic E-state index is 0.0884. The number of carbonyl (C=O) groups is 1. The van der Waals surface area contributed by atoms with E-state index in [4.69, 9.17) is 0 Å². The van der Waals surface area contributed by atoms with E-state index in [0.29, 0.717) is 6.42 Å². The van der Waals surface area contributed by atoms with Gasteiger partial charge in [0.2, 0.25) is 5.91 Å². The van der Waals surface area contributed by atoms with E-state index >= 15 is 0 Å². The van der Waals surface area contributed by atoms with Crippen LogP contribution < -0.4 is 10.2 Å². The van der Waals surface area contributed by atoms with E-state index in [2.05, 4.69) is 34.5 Å². The summed E-state index contributed by atoms with van der Waals surface area (Å²) in [7, 11) is 0. The van der Waals surface area contributed by atoms with Crippen LogP contribution in [-0.2, 0) is 11.2 Å². The van der Waals surface area contributed by atoms with Crippen molar-refractivity contribution in [1.29, 1.82) is 0 Å². The molecule has 0 saturated heterocycles. The molecule has 0 fully saturated rings. The lowest BCUT2D eigenvalue weighted by Crippen LogP contribution is -2.32. The zero-order valence-electron chi connectivity index (χ0n) is 13.9. The minimum Gasteiger partial charge on any atom is -0.371 e. The number of carbonyl (C=O) groups excluding carboxylic acids is 1. The van der Waals surface area contributed by atoms with Crippen LogP contribution in [0.1, 0.15) is 29.5 Å². The smallest absolute Gasteiger partial charge is 0.226 e. The number of hydrogen-bond donors (Lipinski definition) is 1. The molecule has 0 aliphatic carbocycles. The predicted molar refractivity (Wildman–Crippen MR) is 96.1 cm³/mol. The van der Waals surface area contributed by atoms with Gasteiger partial charge in [-0.2, -0.15) is 0 Å². The fraction of sp³-hybridized carbons (Fsp3) is 0.350. The Kier molecular flexibility index (Phi) is 4.65. The Labute approximate surface area is 138 Å². The number of nitrogens with zero attached hydrogens (tertiary/aromatic N) is 1. The quantitative estimate of drug-likeness (QED) is 0.923. The average Bonchev–Trinajstić information content (AvgIpc) is 2.56. The second kappa shape index (κ2) is 6.86. The van der Waals surface area contributed by atoms with Crippen molar-refractivity contribution in [2.75, 3.05) is 23.3 Å². The summed E-state index contributed by atoms with van der Waals surface area (Å²) >= 11 is 0. The van der Waals surface area contributed by atoms with E-state index in [9.17, 15) is 4.79 Å². The lowest BCUT2D eigenvalue weighted by atomic mass is 10.0. The number of hydrogen-bond acceptors (Lipinski definition) is 2. The van der Waals surface area contributed by atoms with E-state index in [1.165, 1.54) is 11.3 Å². The first-order valence-corrected chi connectivity index (χ1v) is 8.34. The van der Waals surface area contributed by atoms with Crippen LogP contribution >= 0.6 is 0 Å². The van der Waals surface area contributed by atoms with Crippen molar-refractivity contribution >= 4 is 17.3 Å². The summed E-state index contributed by atoms with van der Waals surface area (Å²) in [5.41, 5.74) is 5.87. The van der Waals surface area contributed by atoms with Gasteiger partial charge in [-0.3, -0.25) is 4.79 Å². The number of benzene rings is 2. The molecule has 0 aromatic heterocycles. The third-order valence-electron chi connectivity index (χ3n) is 4.56. The van der Waals surface area contributed by atoms with Gasteiger partial charge in [0.05, 0.1) is 0 Å². The Balaban J connectivity index is 1.62. The van der Waals surface area contributed by atoms with E-state index < -0.39 is 0 Å². The van der Waals surface area contributed by atoms with Crippen LogP contribution in [0.15, 0.2) is 42.5 Å². The summed E-state index contributed by atoms with van der Waals surface area (Å²) in [6, 6.07) is 14.6. The standard InChI is InChI=1S/C20H24N2O/c1-15-7-5-8-16(2)20(15)21-19(23)12-14-22-13-6-10-17-9-3-4-11-18(17)22/h3-5,7-9,11H,6,10,12-14H2,1-2H3,(H,21,23). The topological polar surface area (TPSA) is 32.3 Å². The van der Waals surface area contributed by atoms with Gasteiger partial charge in [-0.15, -0.1) is 0 Å². The second-order valence-electron chi connectivity index (χ2n) is 6.28. The van der Waals surface area contributed by atoms with Crippen LogP contribution in [-0.4, -0.2) is 19.0 Å². The number of aryl methyl sites for hydroxylation is 3. The van der Waals surface area contributed by atoms with E-state index in [0.717, 1.165) is 42.7 Å². The molecule has 3 heteroatoms. The van der Waals surface area contributed by atoms with Crippen LogP contribution in [0.25, 0.3) is 0 Å². The van der Waals surface area contributed by atoms with Crippen LogP contribution in [0.3, 0.4) is 0 Å². The van der Waals surface area contributed by atoms with Crippen molar-refractivity contribution in [3.63, 3.8) is 0 Å². The van der Waals surface area contributed by atoms with Gasteiger partial charge in [0.25, 0.3) is 0 Å². The molecule has 3 rings (SSSR count). The highest BCUT2D eigenvalue weighted by Gasteiger charge is 2.17. The number of amides is 1. The number of rotatable bonds is 4. The third kappa shape index (κ3) is 3.55. The minimum atomic E-state index is 0.0884. The first-order valence-electron chi connectivity index (χ1n) is 8.34. The highest BCUT2D eigenvalue weighted by Crippen LogP contribution is 2.26. The molecule has 3 nitrogen and oxygen atoms in total. The van der Waals surface area contributed by atoms with Gasteiger partial charge in [0, 0.05) is 30.9 Å². The van der Waals surface area contributed by atoms with Crippen molar-refractivity contribution in [3.8, 4) is 0 Å². The molecule has 0 spiro atoms. The zero-order chi connectivity index (χ0) is 16.2. The third-order valence-corrected chi connectivity index (χ3v) is 4.56. The molecule has 0 radical (unpaired) electrons. The molecular weight excluding hydrogens is 284 g/mol. The maximum atomic E-state index is 12.3. The van der Waals surface area contributed by atoms with Gasteiger partial charge < -0.3 is 10.2 Å². The lowest BCUT2D eigenvalue weighted by molar-refractivity contribution is -0.116. The van der Waals surface area contributed by atoms with Crippen LogP contribution in [0.2, 0.25) is 0 Å². The molecule has 120 valence electrons. The number of nitrogens with one attached hydrogen (secondary N) is 1. The number of fused-ring (bicyclic) bond motifs is 1. The Morgan fingerprint density at radius 3 is 2.61 bits per heavy atom. The van der Waals surface area contributed by atoms with Gasteiger partial charge in [-0.05, 0) is 49.4 Å². The second-order valence-corrected chi connectivity index (χ2v) is 6.28. The normalized spacial score (nSPS) is 13.6. The monoisotopic (exact) mass is 308 g/mol. The first kappa shape index (κ1) is 15.6. The molecule has 0 unspecified atom stereocenters. The van der Waals surface area contributed by atoms with Gasteiger partial charge >= 0.3 is 0 Å². The maximum Gasteiger partial charge on any atom is 0.226 e. The lowest BCUT2D eigenvalue weighted by Gasteiger charge is -2.31. The molecule has 0 atom stereocenters. The van der Waals surface area contributed by atoms with Gasteiger partial charge in [0.1, 0.15) is 0 Å². The fourth-order valence-electron chi connectivity index (χ4n) is 3.29. The summed E-state index contributed by atoms with van der Waals surface area (Å²) in [6.07, 6.45) is 2.82. The Hall–Kier alpha value is -2.29. The largest absolute Gasteiger partial charge is 0.371 e. The summed E-state index contributed by atoms with van der Waals surface area (Å²) in [6.45, 7) is 5.87. The molecule has 1 heterocycles. The predicted octanol–water partition coefficient (Wildman–Crippen LogP) is 4.08. The van der Waals surface area contributed by atoms with E-state index in [1.54, 1.807) is 0 Å². The molecule has 2 aromatic rings. The zero-order valence-corrected chi connectivity index (χ0v) is 13.9. The number of anilines is 2. The van der Waals surface area contributed by atoms with Crippen molar-refractivity contribution in [2.24, 2.45) is 0 Å². The molecule has 1 aliphatic rings. The first-order chi connectivity index (χ1) is 11.1. The van der Waals surface area contributed by atoms with Gasteiger partial charge in [0.15, 0.2) is 0 Å². The summed E-state index contributed by atoms with van der Waals surface area (Å²) < 4.78 is 0. The van der Waals surface area contributed by atoms with Gasteiger partial charge in [-0.1, -0.05) is 36.4 Å². The maximum absolute atomic E-state index is 12.3. The van der Waals surface area contributed by atoms with Crippen molar-refractivity contribution < 1.29 is 4.79 Å². The van der Waals surface area contributed by atoms with Crippen LogP contribution in [0.4, 0.5) is 11.4 Å². The highest BCUT2D eigenvalue weighted by atomic mass is 16.1. The molecule has 23 heavy (non-hydrogen) atoms. The molecular formula is C20H24N2O. The van der Waals surface area contributed by atoms with Gasteiger partial charge in [-0.25, -0.2) is 0 Å². The summed E-state index contributed by atoms with van der Waals surface area (Å²) in [5, 5.41) is 3.08. The molecule has 1 aliphatic heterocycles. The summed E-state index contributed by atoms with van der Waals surface area (Å²) in [4.78, 5) is 14.7. The molecule has 2 aromatic carbocycles. The van der Waals surface area contributed by atoms with Crippen LogP contribution in [0.5, 0.6) is 0 Å². The van der Waals surface area contributed by atoms with E-state index in [-0.39, 0.29) is 5.91 Å². The fourth-order valence-corrected chi connectivity index (χ4v) is 3.29. The molecule has 1 N–H and O–H groups in total. The SMILES string of the molecule is Cc1cccc(C)c1NC(=O)CCN1CCCc2ccccc21.